The van der Waals surface area contributed by atoms with Crippen molar-refractivity contribution in [2.75, 3.05) is 39.4 Å². The van der Waals surface area contributed by atoms with Gasteiger partial charge < -0.3 is 15.8 Å². The largest absolute Gasteiger partial charge is 0.379 e. The fraction of sp³-hybridized carbons (Fsp3) is 0.588. The summed E-state index contributed by atoms with van der Waals surface area (Å²) in [5, 5.41) is 2.99. The van der Waals surface area contributed by atoms with Crippen LogP contribution in [0.1, 0.15) is 19.4 Å². The van der Waals surface area contributed by atoms with Crippen LogP contribution < -0.4 is 11.1 Å². The number of nitrogens with one attached hydrogen (secondary N) is 1. The molecule has 1 saturated heterocycles. The van der Waals surface area contributed by atoms with Crippen molar-refractivity contribution in [2.45, 2.75) is 19.4 Å². The minimum absolute atomic E-state index is 0.132. The monoisotopic (exact) mass is 305 g/mol. The molecule has 3 N–H and O–H groups in total. The van der Waals surface area contributed by atoms with Gasteiger partial charge in [-0.15, -0.1) is 0 Å². The first-order chi connectivity index (χ1) is 10.5. The first kappa shape index (κ1) is 16.9. The molecule has 0 aromatic heterocycles. The van der Waals surface area contributed by atoms with Crippen LogP contribution >= 0.6 is 0 Å². The minimum Gasteiger partial charge on any atom is -0.379 e. The van der Waals surface area contributed by atoms with Crippen LogP contribution in [-0.2, 0) is 15.1 Å². The second kappa shape index (κ2) is 7.72. The number of nitrogens with zero attached hydrogens (tertiary/aromatic N) is 1. The quantitative estimate of drug-likeness (QED) is 0.821. The average molecular weight is 305 g/mol. The van der Waals surface area contributed by atoms with Gasteiger partial charge in [-0.3, -0.25) is 9.69 Å². The van der Waals surface area contributed by atoms with E-state index in [4.69, 9.17) is 10.5 Å². The molecule has 1 fully saturated rings. The lowest BCUT2D eigenvalue weighted by Crippen LogP contribution is -2.50. The van der Waals surface area contributed by atoms with Gasteiger partial charge in [-0.05, 0) is 18.4 Å². The third-order valence-electron chi connectivity index (χ3n) is 4.13. The molecule has 2 rings (SSSR count). The van der Waals surface area contributed by atoms with Gasteiger partial charge in [-0.2, -0.15) is 0 Å². The zero-order valence-electron chi connectivity index (χ0n) is 13.5. The van der Waals surface area contributed by atoms with E-state index in [2.05, 4.69) is 17.1 Å². The number of carbonyl (C=O) groups excluding carboxylic acids is 1. The molecule has 5 heteroatoms. The summed E-state index contributed by atoms with van der Waals surface area (Å²) in [4.78, 5) is 14.8. The van der Waals surface area contributed by atoms with Gasteiger partial charge in [0.25, 0.3) is 0 Å². The van der Waals surface area contributed by atoms with Crippen LogP contribution in [0, 0.1) is 5.92 Å². The van der Waals surface area contributed by atoms with E-state index in [0.29, 0.717) is 12.5 Å². The number of nitrogens with two attached hydrogens (primary N) is 1. The Hall–Kier alpha value is -1.43. The van der Waals surface area contributed by atoms with Crippen LogP contribution in [0.15, 0.2) is 30.3 Å². The summed E-state index contributed by atoms with van der Waals surface area (Å²) in [6, 6.07) is 9.49. The summed E-state index contributed by atoms with van der Waals surface area (Å²) in [6.07, 6.45) is 0. The number of amides is 1. The van der Waals surface area contributed by atoms with Gasteiger partial charge in [0.2, 0.25) is 5.91 Å². The van der Waals surface area contributed by atoms with Gasteiger partial charge in [0, 0.05) is 26.2 Å². The second-order valence-corrected chi connectivity index (χ2v) is 6.30. The maximum absolute atomic E-state index is 12.4. The molecular formula is C17H27N3O2. The lowest BCUT2D eigenvalue weighted by molar-refractivity contribution is -0.126. The van der Waals surface area contributed by atoms with Crippen molar-refractivity contribution in [3.8, 4) is 0 Å². The number of benzene rings is 1. The predicted octanol–water partition coefficient (Wildman–Crippen LogP) is 0.945. The third-order valence-corrected chi connectivity index (χ3v) is 4.13. The zero-order chi connectivity index (χ0) is 16.0. The fourth-order valence-electron chi connectivity index (χ4n) is 2.66. The van der Waals surface area contributed by atoms with Crippen molar-refractivity contribution in [1.29, 1.82) is 0 Å². The van der Waals surface area contributed by atoms with Gasteiger partial charge in [-0.25, -0.2) is 0 Å². The van der Waals surface area contributed by atoms with Crippen molar-refractivity contribution >= 4 is 5.91 Å². The minimum atomic E-state index is -1.00. The number of carbonyl (C=O) groups is 1. The standard InChI is InChI=1S/C17H27N3O2/c1-14(13-20-8-10-22-11-9-20)12-19-16(21)17(2,18)15-6-4-3-5-7-15/h3-7,14H,8-13,18H2,1-2H3,(H,19,21). The first-order valence-electron chi connectivity index (χ1n) is 7.93. The number of ether oxygens (including phenoxy) is 1. The Kier molecular flexibility index (Phi) is 5.94. The highest BCUT2D eigenvalue weighted by Crippen LogP contribution is 2.17. The second-order valence-electron chi connectivity index (χ2n) is 6.30. The highest BCUT2D eigenvalue weighted by atomic mass is 16.5. The SMILES string of the molecule is CC(CNC(=O)C(C)(N)c1ccccc1)CN1CCOCC1. The summed E-state index contributed by atoms with van der Waals surface area (Å²) in [5.74, 6) is 0.251. The summed E-state index contributed by atoms with van der Waals surface area (Å²) < 4.78 is 5.35. The van der Waals surface area contributed by atoms with Crippen LogP contribution in [0.2, 0.25) is 0 Å². The molecule has 5 nitrogen and oxygen atoms in total. The molecule has 1 aliphatic rings. The Balaban J connectivity index is 1.81. The normalized spacial score (nSPS) is 20.1. The Morgan fingerprint density at radius 3 is 2.64 bits per heavy atom. The lowest BCUT2D eigenvalue weighted by atomic mass is 9.92. The van der Waals surface area contributed by atoms with E-state index in [9.17, 15) is 4.79 Å². The summed E-state index contributed by atoms with van der Waals surface area (Å²) in [6.45, 7) is 9.04. The topological polar surface area (TPSA) is 67.6 Å². The number of morpholine rings is 1. The van der Waals surface area contributed by atoms with Crippen molar-refractivity contribution in [2.24, 2.45) is 11.7 Å². The van der Waals surface area contributed by atoms with E-state index in [1.54, 1.807) is 6.92 Å². The summed E-state index contributed by atoms with van der Waals surface area (Å²) in [5.41, 5.74) is 6.04. The van der Waals surface area contributed by atoms with Crippen LogP contribution in [-0.4, -0.2) is 50.2 Å². The van der Waals surface area contributed by atoms with E-state index in [1.807, 2.05) is 30.3 Å². The maximum atomic E-state index is 12.4. The molecule has 0 bridgehead atoms. The predicted molar refractivity (Wildman–Crippen MR) is 87.4 cm³/mol. The number of rotatable bonds is 6. The molecule has 0 saturated carbocycles. The molecule has 1 aromatic rings. The van der Waals surface area contributed by atoms with Crippen LogP contribution in [0.3, 0.4) is 0 Å². The Labute approximate surface area is 132 Å². The maximum Gasteiger partial charge on any atom is 0.244 e. The van der Waals surface area contributed by atoms with Crippen molar-refractivity contribution < 1.29 is 9.53 Å². The molecule has 2 atom stereocenters. The van der Waals surface area contributed by atoms with E-state index in [1.165, 1.54) is 0 Å². The average Bonchev–Trinajstić information content (AvgIpc) is 2.54. The number of hydrogen-bond donors (Lipinski definition) is 2. The molecule has 2 unspecified atom stereocenters. The Bertz CT molecular complexity index is 470. The van der Waals surface area contributed by atoms with Crippen molar-refractivity contribution in [1.82, 2.24) is 10.2 Å². The van der Waals surface area contributed by atoms with Gasteiger partial charge in [-0.1, -0.05) is 37.3 Å². The number of hydrogen-bond acceptors (Lipinski definition) is 4. The fourth-order valence-corrected chi connectivity index (χ4v) is 2.66. The van der Waals surface area contributed by atoms with E-state index >= 15 is 0 Å². The van der Waals surface area contributed by atoms with Crippen LogP contribution in [0.5, 0.6) is 0 Å². The molecule has 1 aliphatic heterocycles. The molecule has 22 heavy (non-hydrogen) atoms. The highest BCUT2D eigenvalue weighted by molar-refractivity contribution is 5.86. The Morgan fingerprint density at radius 1 is 1.36 bits per heavy atom. The molecule has 0 spiro atoms. The first-order valence-corrected chi connectivity index (χ1v) is 7.93. The highest BCUT2D eigenvalue weighted by Gasteiger charge is 2.30. The van der Waals surface area contributed by atoms with Crippen molar-refractivity contribution in [3.05, 3.63) is 35.9 Å². The van der Waals surface area contributed by atoms with Gasteiger partial charge in [0.15, 0.2) is 0 Å². The van der Waals surface area contributed by atoms with E-state index < -0.39 is 5.54 Å². The molecule has 1 aromatic carbocycles. The molecule has 0 aliphatic carbocycles. The van der Waals surface area contributed by atoms with Crippen molar-refractivity contribution in [3.63, 3.8) is 0 Å². The van der Waals surface area contributed by atoms with Gasteiger partial charge in [0.1, 0.15) is 5.54 Å². The van der Waals surface area contributed by atoms with E-state index in [0.717, 1.165) is 38.4 Å². The lowest BCUT2D eigenvalue weighted by Gasteiger charge is -2.30. The smallest absolute Gasteiger partial charge is 0.244 e. The van der Waals surface area contributed by atoms with Crippen LogP contribution in [0.4, 0.5) is 0 Å². The third kappa shape index (κ3) is 4.53. The van der Waals surface area contributed by atoms with Crippen LogP contribution in [0.25, 0.3) is 0 Å². The Morgan fingerprint density at radius 2 is 2.00 bits per heavy atom. The molecule has 1 heterocycles. The van der Waals surface area contributed by atoms with E-state index in [-0.39, 0.29) is 5.91 Å². The zero-order valence-corrected chi connectivity index (χ0v) is 13.5. The van der Waals surface area contributed by atoms with Gasteiger partial charge in [0.05, 0.1) is 13.2 Å². The molecule has 1 amide bonds. The summed E-state index contributed by atoms with van der Waals surface area (Å²) >= 11 is 0. The molecule has 122 valence electrons. The molecular weight excluding hydrogens is 278 g/mol. The molecule has 0 radical (unpaired) electrons. The van der Waals surface area contributed by atoms with Gasteiger partial charge >= 0.3 is 0 Å². The summed E-state index contributed by atoms with van der Waals surface area (Å²) in [7, 11) is 0.